The normalized spacial score (nSPS) is 14.0. The molecule has 0 heterocycles. The number of hydrogen-bond donors (Lipinski definition) is 1. The lowest BCUT2D eigenvalue weighted by molar-refractivity contribution is 0.388. The molecular weight excluding hydrogens is 310 g/mol. The number of methoxy groups -OCH3 is 1. The zero-order valence-corrected chi connectivity index (χ0v) is 14.8. The molecule has 6 heteroatoms. The second kappa shape index (κ2) is 6.99. The Labute approximate surface area is 132 Å². The fourth-order valence-electron chi connectivity index (χ4n) is 2.20. The Balaban J connectivity index is 3.18. The first-order chi connectivity index (χ1) is 9.63. The third-order valence-corrected chi connectivity index (χ3v) is 6.34. The topological polar surface area (TPSA) is 55.4 Å². The molecule has 1 aromatic rings. The van der Waals surface area contributed by atoms with Gasteiger partial charge in [0.15, 0.2) is 9.84 Å². The van der Waals surface area contributed by atoms with Crippen molar-refractivity contribution >= 4 is 21.4 Å². The minimum Gasteiger partial charge on any atom is -0.496 e. The molecule has 0 saturated heterocycles. The summed E-state index contributed by atoms with van der Waals surface area (Å²) < 4.78 is 28.6. The largest absolute Gasteiger partial charge is 0.496 e. The van der Waals surface area contributed by atoms with E-state index in [1.165, 1.54) is 6.26 Å². The number of nitrogens with one attached hydrogen (secondary N) is 1. The van der Waals surface area contributed by atoms with Crippen molar-refractivity contribution in [2.75, 3.05) is 19.9 Å². The van der Waals surface area contributed by atoms with Crippen molar-refractivity contribution < 1.29 is 13.2 Å². The van der Waals surface area contributed by atoms with E-state index in [0.717, 1.165) is 5.56 Å². The highest BCUT2D eigenvalue weighted by Gasteiger charge is 2.38. The van der Waals surface area contributed by atoms with Crippen LogP contribution in [0.4, 0.5) is 0 Å². The number of halogens is 1. The number of likely N-dealkylation sites (N-methyl/N-ethyl adjacent to an activating group) is 1. The van der Waals surface area contributed by atoms with Crippen LogP contribution in [0.2, 0.25) is 5.02 Å². The van der Waals surface area contributed by atoms with E-state index >= 15 is 0 Å². The number of sulfone groups is 1. The van der Waals surface area contributed by atoms with Gasteiger partial charge in [-0.15, -0.1) is 0 Å². The summed E-state index contributed by atoms with van der Waals surface area (Å²) in [5.74, 6) is 0.714. The Bertz CT molecular complexity index is 585. The monoisotopic (exact) mass is 333 g/mol. The van der Waals surface area contributed by atoms with Crippen molar-refractivity contribution in [2.24, 2.45) is 0 Å². The zero-order chi connectivity index (χ0) is 16.3. The SMILES string of the molecule is CCNC(Cc1cc(Cl)ccc1OC)C(C)(C)S(C)(=O)=O. The van der Waals surface area contributed by atoms with Gasteiger partial charge in [-0.1, -0.05) is 18.5 Å². The second-order valence-electron chi connectivity index (χ2n) is 5.65. The maximum absolute atomic E-state index is 12.1. The van der Waals surface area contributed by atoms with Gasteiger partial charge < -0.3 is 10.1 Å². The molecule has 0 fully saturated rings. The van der Waals surface area contributed by atoms with Gasteiger partial charge in [0.1, 0.15) is 5.75 Å². The summed E-state index contributed by atoms with van der Waals surface area (Å²) in [4.78, 5) is 0. The fourth-order valence-corrected chi connectivity index (χ4v) is 3.07. The molecule has 0 amide bonds. The Morgan fingerprint density at radius 3 is 2.48 bits per heavy atom. The molecule has 4 nitrogen and oxygen atoms in total. The number of rotatable bonds is 7. The summed E-state index contributed by atoms with van der Waals surface area (Å²) in [7, 11) is -1.62. The van der Waals surface area contributed by atoms with E-state index in [9.17, 15) is 8.42 Å². The molecule has 0 bridgehead atoms. The lowest BCUT2D eigenvalue weighted by Crippen LogP contribution is -2.52. The van der Waals surface area contributed by atoms with Crippen molar-refractivity contribution in [1.82, 2.24) is 5.32 Å². The number of benzene rings is 1. The smallest absolute Gasteiger partial charge is 0.154 e. The quantitative estimate of drug-likeness (QED) is 0.833. The highest BCUT2D eigenvalue weighted by atomic mass is 35.5. The standard InChI is InChI=1S/C15H24ClNO3S/c1-6-17-14(15(2,3)21(5,18)19)10-11-9-12(16)7-8-13(11)20-4/h7-9,14,17H,6,10H2,1-5H3. The molecule has 1 N–H and O–H groups in total. The summed E-state index contributed by atoms with van der Waals surface area (Å²) in [6.45, 7) is 6.13. The predicted octanol–water partition coefficient (Wildman–Crippen LogP) is 2.69. The lowest BCUT2D eigenvalue weighted by atomic mass is 9.95. The van der Waals surface area contributed by atoms with Crippen LogP contribution in [0.25, 0.3) is 0 Å². The van der Waals surface area contributed by atoms with E-state index in [-0.39, 0.29) is 6.04 Å². The minimum absolute atomic E-state index is 0.232. The molecule has 0 spiro atoms. The highest BCUT2D eigenvalue weighted by molar-refractivity contribution is 7.92. The van der Waals surface area contributed by atoms with E-state index < -0.39 is 14.6 Å². The van der Waals surface area contributed by atoms with Crippen LogP contribution in [-0.4, -0.2) is 39.1 Å². The van der Waals surface area contributed by atoms with Crippen LogP contribution < -0.4 is 10.1 Å². The fraction of sp³-hybridized carbons (Fsp3) is 0.600. The molecule has 120 valence electrons. The van der Waals surface area contributed by atoms with Gasteiger partial charge in [-0.25, -0.2) is 8.42 Å². The maximum atomic E-state index is 12.1. The molecule has 0 aliphatic heterocycles. The van der Waals surface area contributed by atoms with E-state index in [4.69, 9.17) is 16.3 Å². The Morgan fingerprint density at radius 2 is 2.00 bits per heavy atom. The van der Waals surface area contributed by atoms with Crippen LogP contribution in [0.15, 0.2) is 18.2 Å². The Hall–Kier alpha value is -0.780. The molecule has 1 atom stereocenters. The van der Waals surface area contributed by atoms with Crippen molar-refractivity contribution in [3.63, 3.8) is 0 Å². The summed E-state index contributed by atoms with van der Waals surface area (Å²) >= 11 is 6.04. The second-order valence-corrected chi connectivity index (χ2v) is 8.68. The number of hydrogen-bond acceptors (Lipinski definition) is 4. The predicted molar refractivity (Wildman–Crippen MR) is 88.1 cm³/mol. The third kappa shape index (κ3) is 4.34. The Morgan fingerprint density at radius 1 is 1.38 bits per heavy atom. The first-order valence-electron chi connectivity index (χ1n) is 6.88. The highest BCUT2D eigenvalue weighted by Crippen LogP contribution is 2.28. The summed E-state index contributed by atoms with van der Waals surface area (Å²) in [6.07, 6.45) is 1.80. The van der Waals surface area contributed by atoms with Crippen molar-refractivity contribution in [3.05, 3.63) is 28.8 Å². The van der Waals surface area contributed by atoms with E-state index in [0.29, 0.717) is 23.7 Å². The molecule has 1 unspecified atom stereocenters. The first kappa shape index (κ1) is 18.3. The molecule has 0 aliphatic carbocycles. The summed E-state index contributed by atoms with van der Waals surface area (Å²) in [5.41, 5.74) is 0.896. The van der Waals surface area contributed by atoms with Crippen LogP contribution in [0.1, 0.15) is 26.3 Å². The van der Waals surface area contributed by atoms with Gasteiger partial charge in [0.25, 0.3) is 0 Å². The molecule has 1 rings (SSSR count). The number of ether oxygens (including phenoxy) is 1. The van der Waals surface area contributed by atoms with Gasteiger partial charge in [-0.2, -0.15) is 0 Å². The van der Waals surface area contributed by atoms with Crippen molar-refractivity contribution in [3.8, 4) is 5.75 Å². The van der Waals surface area contributed by atoms with Crippen molar-refractivity contribution in [1.29, 1.82) is 0 Å². The van der Waals surface area contributed by atoms with Gasteiger partial charge in [-0.3, -0.25) is 0 Å². The zero-order valence-electron chi connectivity index (χ0n) is 13.2. The van der Waals surface area contributed by atoms with Crippen LogP contribution in [0.5, 0.6) is 5.75 Å². The average molecular weight is 334 g/mol. The molecule has 1 aromatic carbocycles. The maximum Gasteiger partial charge on any atom is 0.154 e. The van der Waals surface area contributed by atoms with Crippen LogP contribution >= 0.6 is 11.6 Å². The van der Waals surface area contributed by atoms with Crippen LogP contribution in [0, 0.1) is 0 Å². The van der Waals surface area contributed by atoms with Gasteiger partial charge in [-0.05, 0) is 50.6 Å². The lowest BCUT2D eigenvalue weighted by Gasteiger charge is -2.33. The van der Waals surface area contributed by atoms with Gasteiger partial charge in [0.2, 0.25) is 0 Å². The third-order valence-electron chi connectivity index (χ3n) is 3.91. The molecule has 0 aromatic heterocycles. The molecular formula is C15H24ClNO3S. The van der Waals surface area contributed by atoms with E-state index in [1.54, 1.807) is 33.1 Å². The molecule has 0 radical (unpaired) electrons. The van der Waals surface area contributed by atoms with Gasteiger partial charge in [0.05, 0.1) is 11.9 Å². The van der Waals surface area contributed by atoms with Crippen LogP contribution in [-0.2, 0) is 16.3 Å². The van der Waals surface area contributed by atoms with E-state index in [1.807, 2.05) is 13.0 Å². The van der Waals surface area contributed by atoms with E-state index in [2.05, 4.69) is 5.32 Å². The van der Waals surface area contributed by atoms with Gasteiger partial charge in [0, 0.05) is 17.3 Å². The first-order valence-corrected chi connectivity index (χ1v) is 9.15. The van der Waals surface area contributed by atoms with Crippen molar-refractivity contribution in [2.45, 2.75) is 38.0 Å². The average Bonchev–Trinajstić information content (AvgIpc) is 2.37. The molecule has 0 aliphatic rings. The Kier molecular flexibility index (Phi) is 6.08. The summed E-state index contributed by atoms with van der Waals surface area (Å²) in [6, 6.07) is 5.15. The molecule has 21 heavy (non-hydrogen) atoms. The molecule has 0 saturated carbocycles. The van der Waals surface area contributed by atoms with Gasteiger partial charge >= 0.3 is 0 Å². The summed E-state index contributed by atoms with van der Waals surface area (Å²) in [5, 5.41) is 3.88. The minimum atomic E-state index is -3.21. The van der Waals surface area contributed by atoms with Crippen LogP contribution in [0.3, 0.4) is 0 Å².